The molecule has 0 aromatic heterocycles. The largest absolute Gasteiger partial charge is 0.490 e. The molecule has 1 aliphatic carbocycles. The van der Waals surface area contributed by atoms with E-state index in [0.29, 0.717) is 24.4 Å². The summed E-state index contributed by atoms with van der Waals surface area (Å²) in [5, 5.41) is 0.155. The summed E-state index contributed by atoms with van der Waals surface area (Å²) in [4.78, 5) is 12.7. The van der Waals surface area contributed by atoms with Crippen molar-refractivity contribution in [1.82, 2.24) is 0 Å². The van der Waals surface area contributed by atoms with Crippen LogP contribution in [0, 0.1) is 5.82 Å². The maximum atomic E-state index is 14.4. The minimum absolute atomic E-state index is 0.155. The van der Waals surface area contributed by atoms with Gasteiger partial charge in [0.2, 0.25) is 0 Å². The molecule has 142 valence electrons. The number of carbonyl (C=O) groups excluding carboxylic acids is 1. The maximum Gasteiger partial charge on any atom is 0.147 e. The molecule has 0 N–H and O–H groups in total. The molecule has 0 atom stereocenters. The number of ether oxygens (including phenoxy) is 1. The van der Waals surface area contributed by atoms with Crippen molar-refractivity contribution in [2.45, 2.75) is 51.2 Å². The third-order valence-electron chi connectivity index (χ3n) is 5.51. The van der Waals surface area contributed by atoms with Gasteiger partial charge in [0.1, 0.15) is 17.9 Å². The first-order valence-corrected chi connectivity index (χ1v) is 9.97. The van der Waals surface area contributed by atoms with E-state index < -0.39 is 5.82 Å². The topological polar surface area (TPSA) is 29.5 Å². The van der Waals surface area contributed by atoms with Gasteiger partial charge in [-0.05, 0) is 48.8 Å². The molecule has 0 spiro atoms. The van der Waals surface area contributed by atoms with Crippen molar-refractivity contribution in [2.75, 3.05) is 11.4 Å². The predicted molar refractivity (Wildman–Crippen MR) is 105 cm³/mol. The summed E-state index contributed by atoms with van der Waals surface area (Å²) >= 11 is 6.29. The fraction of sp³-hybridized carbons (Fsp3) is 0.409. The number of fused-ring (bicyclic) bond motifs is 1. The third kappa shape index (κ3) is 3.96. The molecular formula is C22H23ClFNO2. The van der Waals surface area contributed by atoms with Gasteiger partial charge in [-0.1, -0.05) is 29.8 Å². The van der Waals surface area contributed by atoms with Crippen molar-refractivity contribution in [1.29, 1.82) is 0 Å². The zero-order valence-electron chi connectivity index (χ0n) is 15.2. The molecule has 0 radical (unpaired) electrons. The van der Waals surface area contributed by atoms with Crippen molar-refractivity contribution in [3.05, 3.63) is 57.9 Å². The van der Waals surface area contributed by atoms with Crippen LogP contribution in [0.4, 0.5) is 10.1 Å². The van der Waals surface area contributed by atoms with Gasteiger partial charge in [-0.3, -0.25) is 0 Å². The second-order valence-electron chi connectivity index (χ2n) is 7.39. The van der Waals surface area contributed by atoms with E-state index in [0.717, 1.165) is 38.5 Å². The molecule has 5 heteroatoms. The van der Waals surface area contributed by atoms with E-state index in [1.165, 1.54) is 29.2 Å². The average Bonchev–Trinajstić information content (AvgIpc) is 2.65. The Balaban J connectivity index is 1.55. The molecule has 1 heterocycles. The quantitative estimate of drug-likeness (QED) is 0.645. The van der Waals surface area contributed by atoms with Gasteiger partial charge in [0.05, 0.1) is 16.8 Å². The van der Waals surface area contributed by atoms with Crippen LogP contribution in [-0.4, -0.2) is 18.9 Å². The van der Waals surface area contributed by atoms with Crippen molar-refractivity contribution in [3.63, 3.8) is 0 Å². The SMILES string of the molecule is O=CCCc1ccc2c(c1)CCN(c1cc(OC3CCC3)cc(F)c1Cl)C2. The molecule has 0 unspecified atom stereocenters. The average molecular weight is 388 g/mol. The van der Waals surface area contributed by atoms with Gasteiger partial charge in [-0.15, -0.1) is 0 Å². The molecule has 2 aliphatic rings. The van der Waals surface area contributed by atoms with E-state index in [-0.39, 0.29) is 11.1 Å². The minimum Gasteiger partial charge on any atom is -0.490 e. The number of hydrogen-bond acceptors (Lipinski definition) is 3. The standard InChI is InChI=1S/C22H23ClFNO2/c23-22-20(24)12-19(27-18-4-1-5-18)13-21(22)25-9-8-16-11-15(3-2-10-26)6-7-17(16)14-25/h6-7,10-13,18H,1-5,8-9,14H2. The van der Waals surface area contributed by atoms with Gasteiger partial charge in [-0.25, -0.2) is 4.39 Å². The normalized spacial score (nSPS) is 16.6. The summed E-state index contributed by atoms with van der Waals surface area (Å²) in [7, 11) is 0. The number of halogens is 2. The van der Waals surface area contributed by atoms with E-state index in [1.54, 1.807) is 0 Å². The van der Waals surface area contributed by atoms with E-state index >= 15 is 0 Å². The number of anilines is 1. The van der Waals surface area contributed by atoms with Gasteiger partial charge in [0.15, 0.2) is 0 Å². The molecule has 0 amide bonds. The zero-order valence-corrected chi connectivity index (χ0v) is 16.0. The Morgan fingerprint density at radius 1 is 1.22 bits per heavy atom. The summed E-state index contributed by atoms with van der Waals surface area (Å²) in [5.41, 5.74) is 4.40. The van der Waals surface area contributed by atoms with Gasteiger partial charge in [0, 0.05) is 31.6 Å². The van der Waals surface area contributed by atoms with Gasteiger partial charge >= 0.3 is 0 Å². The summed E-state index contributed by atoms with van der Waals surface area (Å²) in [5.74, 6) is 0.130. The van der Waals surface area contributed by atoms with Crippen LogP contribution in [0.3, 0.4) is 0 Å². The third-order valence-corrected chi connectivity index (χ3v) is 5.89. The highest BCUT2D eigenvalue weighted by atomic mass is 35.5. The molecule has 3 nitrogen and oxygen atoms in total. The Hall–Kier alpha value is -2.07. The highest BCUT2D eigenvalue weighted by Gasteiger charge is 2.24. The summed E-state index contributed by atoms with van der Waals surface area (Å²) in [6.45, 7) is 1.46. The van der Waals surface area contributed by atoms with Crippen LogP contribution in [-0.2, 0) is 24.2 Å². The first-order valence-electron chi connectivity index (χ1n) is 9.59. The Morgan fingerprint density at radius 2 is 2.07 bits per heavy atom. The van der Waals surface area contributed by atoms with Crippen molar-refractivity contribution in [3.8, 4) is 5.75 Å². The highest BCUT2D eigenvalue weighted by molar-refractivity contribution is 6.33. The number of aldehydes is 1. The molecule has 27 heavy (non-hydrogen) atoms. The van der Waals surface area contributed by atoms with Gasteiger partial charge in [-0.2, -0.15) is 0 Å². The van der Waals surface area contributed by atoms with Gasteiger partial charge in [0.25, 0.3) is 0 Å². The number of aryl methyl sites for hydroxylation is 1. The second kappa shape index (κ2) is 7.89. The smallest absolute Gasteiger partial charge is 0.147 e. The monoisotopic (exact) mass is 387 g/mol. The zero-order chi connectivity index (χ0) is 18.8. The predicted octanol–water partition coefficient (Wildman–Crippen LogP) is 5.10. The number of hydrogen-bond donors (Lipinski definition) is 0. The van der Waals surface area contributed by atoms with Crippen molar-refractivity contribution < 1.29 is 13.9 Å². The van der Waals surface area contributed by atoms with Crippen LogP contribution in [0.2, 0.25) is 5.02 Å². The summed E-state index contributed by atoms with van der Waals surface area (Å²) in [6, 6.07) is 9.63. The molecule has 4 rings (SSSR count). The number of rotatable bonds is 6. The first-order chi connectivity index (χ1) is 13.1. The lowest BCUT2D eigenvalue weighted by Crippen LogP contribution is -2.31. The van der Waals surface area contributed by atoms with Crippen LogP contribution in [0.25, 0.3) is 0 Å². The summed E-state index contributed by atoms with van der Waals surface area (Å²) < 4.78 is 20.3. The van der Waals surface area contributed by atoms with Crippen LogP contribution < -0.4 is 9.64 Å². The number of benzene rings is 2. The molecule has 2 aromatic carbocycles. The molecule has 1 fully saturated rings. The van der Waals surface area contributed by atoms with Crippen LogP contribution in [0.5, 0.6) is 5.75 Å². The molecule has 2 aromatic rings. The molecule has 0 saturated heterocycles. The lowest BCUT2D eigenvalue weighted by Gasteiger charge is -2.33. The second-order valence-corrected chi connectivity index (χ2v) is 7.77. The fourth-order valence-electron chi connectivity index (χ4n) is 3.72. The Kier molecular flexibility index (Phi) is 5.35. The van der Waals surface area contributed by atoms with E-state index in [1.807, 2.05) is 6.07 Å². The lowest BCUT2D eigenvalue weighted by molar-refractivity contribution is -0.107. The molecule has 0 bridgehead atoms. The first kappa shape index (κ1) is 18.3. The minimum atomic E-state index is -0.432. The number of nitrogens with zero attached hydrogens (tertiary/aromatic N) is 1. The number of carbonyl (C=O) groups is 1. The van der Waals surface area contributed by atoms with E-state index in [2.05, 4.69) is 23.1 Å². The van der Waals surface area contributed by atoms with E-state index in [9.17, 15) is 9.18 Å². The lowest BCUT2D eigenvalue weighted by atomic mass is 9.95. The highest BCUT2D eigenvalue weighted by Crippen LogP contribution is 2.37. The van der Waals surface area contributed by atoms with Crippen molar-refractivity contribution >= 4 is 23.6 Å². The van der Waals surface area contributed by atoms with Gasteiger partial charge < -0.3 is 14.4 Å². The maximum absolute atomic E-state index is 14.4. The fourth-order valence-corrected chi connectivity index (χ4v) is 3.95. The Bertz CT molecular complexity index is 850. The Labute approximate surface area is 164 Å². The van der Waals surface area contributed by atoms with Crippen LogP contribution in [0.15, 0.2) is 30.3 Å². The molecular weight excluding hydrogens is 365 g/mol. The van der Waals surface area contributed by atoms with Crippen molar-refractivity contribution in [2.24, 2.45) is 0 Å². The summed E-state index contributed by atoms with van der Waals surface area (Å²) in [6.07, 6.45) is 6.58. The molecule has 1 aliphatic heterocycles. The van der Waals surface area contributed by atoms with E-state index in [4.69, 9.17) is 16.3 Å². The Morgan fingerprint density at radius 3 is 2.81 bits per heavy atom. The van der Waals surface area contributed by atoms with Crippen LogP contribution in [0.1, 0.15) is 42.4 Å². The molecule has 1 saturated carbocycles. The van der Waals surface area contributed by atoms with Crippen LogP contribution >= 0.6 is 11.6 Å².